The molecule has 3 aromatic carbocycles. The van der Waals surface area contributed by atoms with Gasteiger partial charge in [-0.05, 0) is 66.9 Å². The second-order valence-corrected chi connectivity index (χ2v) is 8.78. The molecule has 0 N–H and O–H groups in total. The number of rotatable bonds is 5. The van der Waals surface area contributed by atoms with Crippen molar-refractivity contribution in [1.29, 1.82) is 5.26 Å². The summed E-state index contributed by atoms with van der Waals surface area (Å²) in [5.41, 5.74) is 4.71. The molecule has 0 bridgehead atoms. The van der Waals surface area contributed by atoms with Crippen LogP contribution >= 0.6 is 0 Å². The maximum Gasteiger partial charge on any atom is 0.264 e. The number of aryl methyl sites for hydroxylation is 2. The van der Waals surface area contributed by atoms with E-state index in [2.05, 4.69) is 6.07 Å². The summed E-state index contributed by atoms with van der Waals surface area (Å²) >= 11 is 0. The first kappa shape index (κ1) is 20.4. The number of benzene rings is 3. The molecular weight excluding hydrogens is 384 g/mol. The van der Waals surface area contributed by atoms with Crippen LogP contribution in [0.5, 0.6) is 5.75 Å². The fraction of sp³-hybridized carbons (Fsp3) is 0.174. The molecule has 6 heteroatoms. The molecule has 0 atom stereocenters. The lowest BCUT2D eigenvalue weighted by molar-refractivity contribution is 0.413. The summed E-state index contributed by atoms with van der Waals surface area (Å²) < 4.78 is 32.6. The number of sulfonamides is 1. The van der Waals surface area contributed by atoms with Gasteiger partial charge in [0.15, 0.2) is 0 Å². The molecule has 0 aliphatic rings. The molecule has 0 saturated carbocycles. The predicted octanol–water partition coefficient (Wildman–Crippen LogP) is 4.68. The van der Waals surface area contributed by atoms with Crippen molar-refractivity contribution in [3.8, 4) is 22.9 Å². The lowest BCUT2D eigenvalue weighted by Crippen LogP contribution is -2.26. The highest BCUT2D eigenvalue weighted by Crippen LogP contribution is 2.33. The van der Waals surface area contributed by atoms with Gasteiger partial charge in [-0.3, -0.25) is 4.31 Å². The molecule has 0 radical (unpaired) electrons. The molecule has 0 spiro atoms. The summed E-state index contributed by atoms with van der Waals surface area (Å²) in [6.45, 7) is 3.87. The van der Waals surface area contributed by atoms with Crippen molar-refractivity contribution in [2.75, 3.05) is 18.5 Å². The summed E-state index contributed by atoms with van der Waals surface area (Å²) in [6, 6.07) is 19.7. The van der Waals surface area contributed by atoms with E-state index in [1.807, 2.05) is 32.0 Å². The minimum atomic E-state index is -3.68. The Balaban J connectivity index is 2.05. The normalized spacial score (nSPS) is 11.0. The van der Waals surface area contributed by atoms with Gasteiger partial charge in [0.25, 0.3) is 10.0 Å². The molecule has 0 unspecified atom stereocenters. The zero-order chi connectivity index (χ0) is 21.2. The molecule has 0 fully saturated rings. The molecule has 5 nitrogen and oxygen atoms in total. The molecular formula is C23H22N2O3S. The lowest BCUT2D eigenvalue weighted by atomic mass is 9.98. The lowest BCUT2D eigenvalue weighted by Gasteiger charge is -2.21. The molecule has 0 amide bonds. The fourth-order valence-electron chi connectivity index (χ4n) is 3.08. The van der Waals surface area contributed by atoms with Crippen LogP contribution < -0.4 is 9.04 Å². The van der Waals surface area contributed by atoms with Crippen LogP contribution in [0.25, 0.3) is 11.1 Å². The van der Waals surface area contributed by atoms with Gasteiger partial charge in [0.2, 0.25) is 0 Å². The summed E-state index contributed by atoms with van der Waals surface area (Å²) in [4.78, 5) is 0.243. The average molecular weight is 407 g/mol. The van der Waals surface area contributed by atoms with Crippen LogP contribution in [-0.2, 0) is 10.0 Å². The number of hydrogen-bond donors (Lipinski definition) is 0. The van der Waals surface area contributed by atoms with Gasteiger partial charge in [0.1, 0.15) is 11.8 Å². The van der Waals surface area contributed by atoms with Crippen molar-refractivity contribution in [1.82, 2.24) is 0 Å². The van der Waals surface area contributed by atoms with Gasteiger partial charge < -0.3 is 4.74 Å². The first-order valence-corrected chi connectivity index (χ1v) is 10.5. The number of anilines is 1. The van der Waals surface area contributed by atoms with Crippen molar-refractivity contribution in [3.63, 3.8) is 0 Å². The van der Waals surface area contributed by atoms with Gasteiger partial charge in [0.05, 0.1) is 23.3 Å². The van der Waals surface area contributed by atoms with Crippen molar-refractivity contribution in [2.24, 2.45) is 0 Å². The largest absolute Gasteiger partial charge is 0.495 e. The molecule has 148 valence electrons. The van der Waals surface area contributed by atoms with Gasteiger partial charge in [-0.2, -0.15) is 5.26 Å². The summed E-state index contributed by atoms with van der Waals surface area (Å²) in [6.07, 6.45) is 0. The molecule has 3 rings (SSSR count). The van der Waals surface area contributed by atoms with Crippen LogP contribution in [0.1, 0.15) is 16.7 Å². The quantitative estimate of drug-likeness (QED) is 0.617. The Bertz CT molecular complexity index is 1190. The number of nitriles is 1. The second-order valence-electron chi connectivity index (χ2n) is 6.81. The van der Waals surface area contributed by atoms with Crippen molar-refractivity contribution >= 4 is 15.7 Å². The topological polar surface area (TPSA) is 70.4 Å². The van der Waals surface area contributed by atoms with Crippen LogP contribution in [0.2, 0.25) is 0 Å². The number of nitrogens with zero attached hydrogens (tertiary/aromatic N) is 2. The number of hydrogen-bond acceptors (Lipinski definition) is 4. The molecule has 29 heavy (non-hydrogen) atoms. The maximum absolute atomic E-state index is 13.0. The summed E-state index contributed by atoms with van der Waals surface area (Å²) in [5.74, 6) is 0.482. The third-order valence-electron chi connectivity index (χ3n) is 4.90. The standard InChI is InChI=1S/C23H22N2O3S/c1-16-5-11-21(12-6-16)29(26,27)25(3)20-10-7-17(2)22(14-20)18-8-9-19(15-24)23(13-18)28-4/h5-14H,1-4H3. The molecule has 0 saturated heterocycles. The first-order valence-electron chi connectivity index (χ1n) is 9.02. The minimum absolute atomic E-state index is 0.243. The monoisotopic (exact) mass is 406 g/mol. The Morgan fingerprint density at radius 2 is 1.66 bits per heavy atom. The smallest absolute Gasteiger partial charge is 0.264 e. The Labute approximate surface area is 171 Å². The first-order chi connectivity index (χ1) is 13.8. The van der Waals surface area contributed by atoms with E-state index in [1.54, 1.807) is 49.5 Å². The SMILES string of the molecule is COc1cc(-c2cc(N(C)S(=O)(=O)c3ccc(C)cc3)ccc2C)ccc1C#N. The predicted molar refractivity (Wildman–Crippen MR) is 115 cm³/mol. The fourth-order valence-corrected chi connectivity index (χ4v) is 4.26. The van der Waals surface area contributed by atoms with Gasteiger partial charge >= 0.3 is 0 Å². The highest BCUT2D eigenvalue weighted by Gasteiger charge is 2.22. The van der Waals surface area contributed by atoms with Crippen molar-refractivity contribution in [3.05, 3.63) is 77.4 Å². The molecule has 0 aliphatic heterocycles. The molecule has 3 aromatic rings. The Morgan fingerprint density at radius 1 is 0.966 bits per heavy atom. The van der Waals surface area contributed by atoms with E-state index in [0.717, 1.165) is 22.3 Å². The van der Waals surface area contributed by atoms with Gasteiger partial charge in [-0.25, -0.2) is 8.42 Å². The zero-order valence-electron chi connectivity index (χ0n) is 16.8. The summed E-state index contributed by atoms with van der Waals surface area (Å²) in [7, 11) is -0.615. The number of methoxy groups -OCH3 is 1. The van der Waals surface area contributed by atoms with E-state index in [-0.39, 0.29) is 4.90 Å². The Morgan fingerprint density at radius 3 is 2.28 bits per heavy atom. The zero-order valence-corrected chi connectivity index (χ0v) is 17.6. The van der Waals surface area contributed by atoms with E-state index >= 15 is 0 Å². The van der Waals surface area contributed by atoms with Crippen molar-refractivity contribution in [2.45, 2.75) is 18.7 Å². The van der Waals surface area contributed by atoms with E-state index in [0.29, 0.717) is 17.0 Å². The maximum atomic E-state index is 13.0. The van der Waals surface area contributed by atoms with E-state index in [4.69, 9.17) is 4.74 Å². The number of ether oxygens (including phenoxy) is 1. The minimum Gasteiger partial charge on any atom is -0.495 e. The average Bonchev–Trinajstić information content (AvgIpc) is 2.73. The van der Waals surface area contributed by atoms with E-state index < -0.39 is 10.0 Å². The highest BCUT2D eigenvalue weighted by molar-refractivity contribution is 7.92. The Hall–Kier alpha value is -3.30. The second kappa shape index (κ2) is 7.98. The summed E-state index contributed by atoms with van der Waals surface area (Å²) in [5, 5.41) is 9.19. The van der Waals surface area contributed by atoms with Gasteiger partial charge in [-0.1, -0.05) is 29.8 Å². The van der Waals surface area contributed by atoms with E-state index in [9.17, 15) is 13.7 Å². The van der Waals surface area contributed by atoms with Crippen LogP contribution in [-0.4, -0.2) is 22.6 Å². The van der Waals surface area contributed by atoms with Crippen LogP contribution in [0.15, 0.2) is 65.6 Å². The van der Waals surface area contributed by atoms with Crippen LogP contribution in [0.4, 0.5) is 5.69 Å². The third kappa shape index (κ3) is 3.96. The Kier molecular flexibility index (Phi) is 5.62. The molecule has 0 aliphatic carbocycles. The van der Waals surface area contributed by atoms with Crippen LogP contribution in [0, 0.1) is 25.2 Å². The third-order valence-corrected chi connectivity index (χ3v) is 6.70. The molecule has 0 aromatic heterocycles. The van der Waals surface area contributed by atoms with Crippen molar-refractivity contribution < 1.29 is 13.2 Å². The van der Waals surface area contributed by atoms with Gasteiger partial charge in [0, 0.05) is 7.05 Å². The van der Waals surface area contributed by atoms with Gasteiger partial charge in [-0.15, -0.1) is 0 Å². The highest BCUT2D eigenvalue weighted by atomic mass is 32.2. The van der Waals surface area contributed by atoms with Crippen LogP contribution in [0.3, 0.4) is 0 Å². The van der Waals surface area contributed by atoms with E-state index in [1.165, 1.54) is 11.4 Å². The molecule has 0 heterocycles.